The monoisotopic (exact) mass is 275 g/mol. The van der Waals surface area contributed by atoms with E-state index in [1.54, 1.807) is 12.1 Å². The number of halogens is 1. The van der Waals surface area contributed by atoms with Crippen molar-refractivity contribution in [3.05, 3.63) is 58.9 Å². The van der Waals surface area contributed by atoms with Crippen molar-refractivity contribution in [2.75, 3.05) is 11.9 Å². The molecule has 0 bridgehead atoms. The van der Waals surface area contributed by atoms with Crippen molar-refractivity contribution in [3.63, 3.8) is 0 Å². The minimum atomic E-state index is -0.307. The lowest BCUT2D eigenvalue weighted by atomic mass is 10.0. The van der Waals surface area contributed by atoms with Gasteiger partial charge >= 0.3 is 0 Å². The minimum Gasteiger partial charge on any atom is -0.507 e. The zero-order valence-corrected chi connectivity index (χ0v) is 11.5. The third-order valence-electron chi connectivity index (χ3n) is 3.28. The van der Waals surface area contributed by atoms with Crippen LogP contribution in [0.1, 0.15) is 22.7 Å². The molecule has 0 spiro atoms. The molecule has 106 valence electrons. The fourth-order valence-electron chi connectivity index (χ4n) is 2.17. The molecule has 1 unspecified atom stereocenters. The number of aliphatic hydroxyl groups excluding tert-OH is 1. The van der Waals surface area contributed by atoms with Crippen LogP contribution in [0.4, 0.5) is 10.1 Å². The predicted molar refractivity (Wildman–Crippen MR) is 77.4 cm³/mol. The first-order valence-electron chi connectivity index (χ1n) is 6.44. The van der Waals surface area contributed by atoms with Gasteiger partial charge in [0.15, 0.2) is 0 Å². The van der Waals surface area contributed by atoms with Gasteiger partial charge in [-0.25, -0.2) is 4.39 Å². The average Bonchev–Trinajstić information content (AvgIpc) is 2.43. The molecule has 0 aliphatic carbocycles. The molecule has 2 aromatic carbocycles. The molecule has 2 rings (SSSR count). The zero-order chi connectivity index (χ0) is 14.7. The van der Waals surface area contributed by atoms with Gasteiger partial charge in [0.1, 0.15) is 11.6 Å². The van der Waals surface area contributed by atoms with Gasteiger partial charge in [0.05, 0.1) is 12.6 Å². The number of nitrogens with one attached hydrogen (secondary N) is 1. The van der Waals surface area contributed by atoms with Crippen molar-refractivity contribution in [1.82, 2.24) is 0 Å². The lowest BCUT2D eigenvalue weighted by Crippen LogP contribution is -2.15. The molecular weight excluding hydrogens is 257 g/mol. The van der Waals surface area contributed by atoms with E-state index >= 15 is 0 Å². The fourth-order valence-corrected chi connectivity index (χ4v) is 2.17. The van der Waals surface area contributed by atoms with Crippen LogP contribution >= 0.6 is 0 Å². The van der Waals surface area contributed by atoms with E-state index in [2.05, 4.69) is 5.32 Å². The number of hydrogen-bond donors (Lipinski definition) is 3. The van der Waals surface area contributed by atoms with Crippen LogP contribution < -0.4 is 5.32 Å². The highest BCUT2D eigenvalue weighted by molar-refractivity contribution is 5.48. The maximum Gasteiger partial charge on any atom is 0.123 e. The largest absolute Gasteiger partial charge is 0.507 e. The lowest BCUT2D eigenvalue weighted by molar-refractivity contribution is 0.276. The van der Waals surface area contributed by atoms with Gasteiger partial charge < -0.3 is 15.5 Å². The first-order valence-corrected chi connectivity index (χ1v) is 6.44. The van der Waals surface area contributed by atoms with Crippen LogP contribution in [-0.2, 0) is 0 Å². The summed E-state index contributed by atoms with van der Waals surface area (Å²) < 4.78 is 12.9. The first kappa shape index (κ1) is 14.3. The van der Waals surface area contributed by atoms with Crippen LogP contribution in [0, 0.1) is 19.7 Å². The predicted octanol–water partition coefficient (Wildman–Crippen LogP) is 3.29. The number of benzene rings is 2. The van der Waals surface area contributed by atoms with Crippen molar-refractivity contribution in [2.24, 2.45) is 0 Å². The normalized spacial score (nSPS) is 12.2. The molecule has 0 radical (unpaired) electrons. The van der Waals surface area contributed by atoms with Crippen LogP contribution in [0.5, 0.6) is 5.75 Å². The van der Waals surface area contributed by atoms with E-state index in [-0.39, 0.29) is 24.2 Å². The maximum absolute atomic E-state index is 12.9. The van der Waals surface area contributed by atoms with Gasteiger partial charge in [-0.3, -0.25) is 0 Å². The molecule has 0 amide bonds. The number of hydrogen-bond acceptors (Lipinski definition) is 3. The van der Waals surface area contributed by atoms with Gasteiger partial charge in [0.25, 0.3) is 0 Å². The molecule has 20 heavy (non-hydrogen) atoms. The van der Waals surface area contributed by atoms with E-state index in [1.807, 2.05) is 26.0 Å². The molecule has 3 nitrogen and oxygen atoms in total. The summed E-state index contributed by atoms with van der Waals surface area (Å²) in [6.07, 6.45) is 0. The number of anilines is 1. The molecule has 0 saturated heterocycles. The number of phenolic OH excluding ortho intramolecular Hbond substituents is 1. The van der Waals surface area contributed by atoms with Crippen molar-refractivity contribution in [2.45, 2.75) is 19.9 Å². The molecule has 4 heteroatoms. The Morgan fingerprint density at radius 1 is 1.10 bits per heavy atom. The van der Waals surface area contributed by atoms with Gasteiger partial charge in [-0.2, -0.15) is 0 Å². The number of rotatable bonds is 4. The van der Waals surface area contributed by atoms with Crippen LogP contribution in [0.25, 0.3) is 0 Å². The van der Waals surface area contributed by atoms with E-state index < -0.39 is 0 Å². The van der Waals surface area contributed by atoms with Gasteiger partial charge in [0, 0.05) is 5.69 Å². The van der Waals surface area contributed by atoms with Crippen molar-refractivity contribution in [1.29, 1.82) is 0 Å². The first-order chi connectivity index (χ1) is 9.51. The summed E-state index contributed by atoms with van der Waals surface area (Å²) in [4.78, 5) is 0. The molecule has 3 N–H and O–H groups in total. The third kappa shape index (κ3) is 3.08. The Labute approximate surface area is 117 Å². The highest BCUT2D eigenvalue weighted by Gasteiger charge is 2.13. The highest BCUT2D eigenvalue weighted by Crippen LogP contribution is 2.27. The SMILES string of the molecule is Cc1cc(C(CO)Nc2ccc(F)cc2)cc(C)c1O. The van der Waals surface area contributed by atoms with Gasteiger partial charge in [-0.1, -0.05) is 12.1 Å². The zero-order valence-electron chi connectivity index (χ0n) is 11.5. The molecule has 0 saturated carbocycles. The second-order valence-electron chi connectivity index (χ2n) is 4.89. The smallest absolute Gasteiger partial charge is 0.123 e. The van der Waals surface area contributed by atoms with E-state index in [0.717, 1.165) is 22.4 Å². The summed E-state index contributed by atoms with van der Waals surface area (Å²) in [5, 5.41) is 22.5. The number of aromatic hydroxyl groups is 1. The van der Waals surface area contributed by atoms with Crippen LogP contribution in [-0.4, -0.2) is 16.8 Å². The van der Waals surface area contributed by atoms with E-state index in [1.165, 1.54) is 12.1 Å². The maximum atomic E-state index is 12.9. The van der Waals surface area contributed by atoms with Gasteiger partial charge in [-0.05, 0) is 54.8 Å². The Balaban J connectivity index is 2.26. The third-order valence-corrected chi connectivity index (χ3v) is 3.28. The van der Waals surface area contributed by atoms with Crippen molar-refractivity contribution >= 4 is 5.69 Å². The average molecular weight is 275 g/mol. The van der Waals surface area contributed by atoms with Crippen LogP contribution in [0.3, 0.4) is 0 Å². The van der Waals surface area contributed by atoms with Crippen LogP contribution in [0.2, 0.25) is 0 Å². The molecule has 2 aromatic rings. The summed E-state index contributed by atoms with van der Waals surface area (Å²) in [6, 6.07) is 9.34. The molecule has 0 aromatic heterocycles. The molecule has 0 aliphatic heterocycles. The summed E-state index contributed by atoms with van der Waals surface area (Å²) in [7, 11) is 0. The Kier molecular flexibility index (Phi) is 4.25. The minimum absolute atomic E-state index is 0.0962. The Morgan fingerprint density at radius 2 is 1.65 bits per heavy atom. The van der Waals surface area contributed by atoms with E-state index in [4.69, 9.17) is 0 Å². The summed E-state index contributed by atoms with van der Waals surface area (Å²) in [5.74, 6) is -0.0281. The summed E-state index contributed by atoms with van der Waals surface area (Å²) >= 11 is 0. The van der Waals surface area contributed by atoms with Crippen molar-refractivity contribution in [3.8, 4) is 5.75 Å². The standard InChI is InChI=1S/C16H18FNO2/c1-10-7-12(8-11(2)16(10)20)15(9-19)18-14-5-3-13(17)4-6-14/h3-8,15,18-20H,9H2,1-2H3. The number of aryl methyl sites for hydroxylation is 2. The molecule has 0 heterocycles. The summed E-state index contributed by atoms with van der Waals surface area (Å²) in [5.41, 5.74) is 3.14. The Morgan fingerprint density at radius 3 is 2.15 bits per heavy atom. The molecule has 0 aliphatic rings. The van der Waals surface area contributed by atoms with Crippen molar-refractivity contribution < 1.29 is 14.6 Å². The Bertz CT molecular complexity index is 573. The van der Waals surface area contributed by atoms with Gasteiger partial charge in [0.2, 0.25) is 0 Å². The molecular formula is C16H18FNO2. The molecule has 1 atom stereocenters. The van der Waals surface area contributed by atoms with E-state index in [9.17, 15) is 14.6 Å². The van der Waals surface area contributed by atoms with E-state index in [0.29, 0.717) is 0 Å². The summed E-state index contributed by atoms with van der Waals surface area (Å²) in [6.45, 7) is 3.54. The highest BCUT2D eigenvalue weighted by atomic mass is 19.1. The second-order valence-corrected chi connectivity index (χ2v) is 4.89. The second kappa shape index (κ2) is 5.92. The fraction of sp³-hybridized carbons (Fsp3) is 0.250. The lowest BCUT2D eigenvalue weighted by Gasteiger charge is -2.19. The molecule has 0 fully saturated rings. The number of phenols is 1. The topological polar surface area (TPSA) is 52.5 Å². The van der Waals surface area contributed by atoms with Gasteiger partial charge in [-0.15, -0.1) is 0 Å². The Hall–Kier alpha value is -2.07. The van der Waals surface area contributed by atoms with Crippen LogP contribution in [0.15, 0.2) is 36.4 Å². The number of aliphatic hydroxyl groups is 1. The quantitative estimate of drug-likeness (QED) is 0.802.